The summed E-state index contributed by atoms with van der Waals surface area (Å²) >= 11 is 11.8. The monoisotopic (exact) mass is 307 g/mol. The van der Waals surface area contributed by atoms with E-state index in [0.717, 1.165) is 22.6 Å². The lowest BCUT2D eigenvalue weighted by molar-refractivity contribution is -0.120. The Kier molecular flexibility index (Phi) is 5.45. The summed E-state index contributed by atoms with van der Waals surface area (Å²) < 4.78 is 0. The third-order valence-corrected chi connectivity index (χ3v) is 3.58. The molecular weight excluding hydrogens is 293 g/mol. The third-order valence-electron chi connectivity index (χ3n) is 2.96. The predicted octanol–water partition coefficient (Wildman–Crippen LogP) is 3.89. The molecule has 0 atom stereocenters. The fourth-order valence-corrected chi connectivity index (χ4v) is 2.20. The van der Waals surface area contributed by atoms with Gasteiger partial charge in [-0.15, -0.1) is 0 Å². The van der Waals surface area contributed by atoms with Gasteiger partial charge in [-0.2, -0.15) is 0 Å². The van der Waals surface area contributed by atoms with Crippen molar-refractivity contribution in [2.45, 2.75) is 12.8 Å². The van der Waals surface area contributed by atoms with Gasteiger partial charge < -0.3 is 5.32 Å². The largest absolute Gasteiger partial charge is 0.355 e. The minimum absolute atomic E-state index is 0.0212. The Morgan fingerprint density at radius 2 is 1.70 bits per heavy atom. The van der Waals surface area contributed by atoms with Crippen molar-refractivity contribution in [1.82, 2.24) is 5.32 Å². The Morgan fingerprint density at radius 1 is 1.00 bits per heavy atom. The van der Waals surface area contributed by atoms with E-state index in [2.05, 4.69) is 5.32 Å². The molecule has 0 saturated carbocycles. The summed E-state index contributed by atoms with van der Waals surface area (Å²) in [7, 11) is 0. The van der Waals surface area contributed by atoms with Gasteiger partial charge in [0.05, 0.1) is 6.42 Å². The van der Waals surface area contributed by atoms with E-state index in [1.54, 1.807) is 6.07 Å². The molecule has 2 rings (SSSR count). The van der Waals surface area contributed by atoms with Crippen LogP contribution in [-0.2, 0) is 17.6 Å². The molecule has 104 valence electrons. The highest BCUT2D eigenvalue weighted by Gasteiger charge is 2.05. The normalized spacial score (nSPS) is 10.3. The van der Waals surface area contributed by atoms with Crippen LogP contribution in [0.25, 0.3) is 0 Å². The second-order valence-electron chi connectivity index (χ2n) is 4.49. The zero-order chi connectivity index (χ0) is 14.4. The molecule has 0 aliphatic heterocycles. The van der Waals surface area contributed by atoms with Crippen LogP contribution >= 0.6 is 23.2 Å². The lowest BCUT2D eigenvalue weighted by Gasteiger charge is -2.07. The topological polar surface area (TPSA) is 29.1 Å². The molecule has 0 unspecified atom stereocenters. The number of carbonyl (C=O) groups is 1. The van der Waals surface area contributed by atoms with Gasteiger partial charge in [0.1, 0.15) is 0 Å². The average molecular weight is 308 g/mol. The SMILES string of the molecule is O=C(Cc1ccccc1Cl)NCCc1ccc(Cl)cc1. The van der Waals surface area contributed by atoms with Crippen molar-refractivity contribution >= 4 is 29.1 Å². The summed E-state index contributed by atoms with van der Waals surface area (Å²) in [6.07, 6.45) is 1.09. The molecule has 0 fully saturated rings. The van der Waals surface area contributed by atoms with Crippen LogP contribution < -0.4 is 5.32 Å². The van der Waals surface area contributed by atoms with E-state index in [1.165, 1.54) is 0 Å². The minimum Gasteiger partial charge on any atom is -0.355 e. The molecule has 0 radical (unpaired) electrons. The molecule has 0 bridgehead atoms. The minimum atomic E-state index is -0.0212. The molecule has 0 aromatic heterocycles. The second-order valence-corrected chi connectivity index (χ2v) is 5.34. The lowest BCUT2D eigenvalue weighted by Crippen LogP contribution is -2.27. The van der Waals surface area contributed by atoms with Crippen LogP contribution in [0.5, 0.6) is 0 Å². The quantitative estimate of drug-likeness (QED) is 0.892. The molecule has 1 amide bonds. The van der Waals surface area contributed by atoms with Gasteiger partial charge in [-0.1, -0.05) is 53.5 Å². The number of amides is 1. The van der Waals surface area contributed by atoms with E-state index in [9.17, 15) is 4.79 Å². The van der Waals surface area contributed by atoms with Crippen LogP contribution in [0.15, 0.2) is 48.5 Å². The molecular formula is C16H15Cl2NO. The fourth-order valence-electron chi connectivity index (χ4n) is 1.87. The zero-order valence-electron chi connectivity index (χ0n) is 10.9. The summed E-state index contributed by atoms with van der Waals surface area (Å²) in [5.74, 6) is -0.0212. The Morgan fingerprint density at radius 3 is 2.40 bits per heavy atom. The number of benzene rings is 2. The van der Waals surface area contributed by atoms with Gasteiger partial charge in [-0.3, -0.25) is 4.79 Å². The first kappa shape index (κ1) is 14.9. The van der Waals surface area contributed by atoms with Gasteiger partial charge in [0.2, 0.25) is 5.91 Å². The molecule has 4 heteroatoms. The average Bonchev–Trinajstić information content (AvgIpc) is 2.44. The maximum atomic E-state index is 11.8. The Labute approximate surface area is 128 Å². The standard InChI is InChI=1S/C16H15Cl2NO/c17-14-7-5-12(6-8-14)9-10-19-16(20)11-13-3-1-2-4-15(13)18/h1-8H,9-11H2,(H,19,20). The van der Waals surface area contributed by atoms with Crippen LogP contribution in [0.2, 0.25) is 10.0 Å². The highest BCUT2D eigenvalue weighted by molar-refractivity contribution is 6.31. The zero-order valence-corrected chi connectivity index (χ0v) is 12.4. The van der Waals surface area contributed by atoms with Gasteiger partial charge in [-0.05, 0) is 35.7 Å². The number of hydrogen-bond acceptors (Lipinski definition) is 1. The van der Waals surface area contributed by atoms with Crippen LogP contribution in [0.1, 0.15) is 11.1 Å². The van der Waals surface area contributed by atoms with Crippen molar-refractivity contribution in [2.75, 3.05) is 6.54 Å². The summed E-state index contributed by atoms with van der Waals surface area (Å²) in [6, 6.07) is 15.0. The van der Waals surface area contributed by atoms with Crippen LogP contribution in [0.3, 0.4) is 0 Å². The molecule has 0 saturated heterocycles. The molecule has 2 aromatic rings. The fraction of sp³-hybridized carbons (Fsp3) is 0.188. The van der Waals surface area contributed by atoms with Crippen LogP contribution in [0.4, 0.5) is 0 Å². The highest BCUT2D eigenvalue weighted by Crippen LogP contribution is 2.15. The molecule has 2 aromatic carbocycles. The predicted molar refractivity (Wildman–Crippen MR) is 83.3 cm³/mol. The first-order valence-corrected chi connectivity index (χ1v) is 7.15. The van der Waals surface area contributed by atoms with Crippen molar-refractivity contribution in [1.29, 1.82) is 0 Å². The summed E-state index contributed by atoms with van der Waals surface area (Å²) in [4.78, 5) is 11.8. The number of hydrogen-bond donors (Lipinski definition) is 1. The molecule has 0 spiro atoms. The van der Waals surface area contributed by atoms with E-state index in [-0.39, 0.29) is 5.91 Å². The van der Waals surface area contributed by atoms with Crippen molar-refractivity contribution in [3.05, 3.63) is 69.7 Å². The Hall–Kier alpha value is -1.51. The number of halogens is 2. The lowest BCUT2D eigenvalue weighted by atomic mass is 10.1. The molecule has 1 N–H and O–H groups in total. The van der Waals surface area contributed by atoms with E-state index in [1.807, 2.05) is 42.5 Å². The van der Waals surface area contributed by atoms with Gasteiger partial charge in [0.15, 0.2) is 0 Å². The van der Waals surface area contributed by atoms with Crippen LogP contribution in [0, 0.1) is 0 Å². The van der Waals surface area contributed by atoms with Gasteiger partial charge >= 0.3 is 0 Å². The second kappa shape index (κ2) is 7.32. The molecule has 0 aliphatic rings. The smallest absolute Gasteiger partial charge is 0.224 e. The van der Waals surface area contributed by atoms with Gasteiger partial charge in [0, 0.05) is 16.6 Å². The van der Waals surface area contributed by atoms with Crippen LogP contribution in [-0.4, -0.2) is 12.5 Å². The Balaban J connectivity index is 1.78. The van der Waals surface area contributed by atoms with Gasteiger partial charge in [0.25, 0.3) is 0 Å². The van der Waals surface area contributed by atoms with E-state index in [0.29, 0.717) is 18.0 Å². The van der Waals surface area contributed by atoms with Crippen molar-refractivity contribution < 1.29 is 4.79 Å². The summed E-state index contributed by atoms with van der Waals surface area (Å²) in [5.41, 5.74) is 1.99. The highest BCUT2D eigenvalue weighted by atomic mass is 35.5. The Bertz CT molecular complexity index is 581. The maximum absolute atomic E-state index is 11.8. The number of carbonyl (C=O) groups excluding carboxylic acids is 1. The van der Waals surface area contributed by atoms with Crippen molar-refractivity contribution in [3.63, 3.8) is 0 Å². The van der Waals surface area contributed by atoms with E-state index < -0.39 is 0 Å². The van der Waals surface area contributed by atoms with Crippen molar-refractivity contribution in [3.8, 4) is 0 Å². The molecule has 0 heterocycles. The first-order valence-electron chi connectivity index (χ1n) is 6.40. The summed E-state index contributed by atoms with van der Waals surface area (Å²) in [5, 5.41) is 4.24. The summed E-state index contributed by atoms with van der Waals surface area (Å²) in [6.45, 7) is 0.602. The van der Waals surface area contributed by atoms with Crippen molar-refractivity contribution in [2.24, 2.45) is 0 Å². The van der Waals surface area contributed by atoms with E-state index >= 15 is 0 Å². The third kappa shape index (κ3) is 4.55. The first-order chi connectivity index (χ1) is 9.65. The molecule has 0 aliphatic carbocycles. The maximum Gasteiger partial charge on any atom is 0.224 e. The molecule has 20 heavy (non-hydrogen) atoms. The number of nitrogens with one attached hydrogen (secondary N) is 1. The van der Waals surface area contributed by atoms with Gasteiger partial charge in [-0.25, -0.2) is 0 Å². The number of rotatable bonds is 5. The molecule has 2 nitrogen and oxygen atoms in total. The van der Waals surface area contributed by atoms with E-state index in [4.69, 9.17) is 23.2 Å².